The van der Waals surface area contributed by atoms with Crippen molar-refractivity contribution in [3.05, 3.63) is 35.9 Å². The van der Waals surface area contributed by atoms with Crippen molar-refractivity contribution in [1.82, 2.24) is 4.90 Å². The van der Waals surface area contributed by atoms with Gasteiger partial charge in [0.15, 0.2) is 6.10 Å². The van der Waals surface area contributed by atoms with Crippen molar-refractivity contribution in [2.45, 2.75) is 25.0 Å². The number of rotatable bonds is 4. The molecule has 1 saturated heterocycles. The maximum Gasteiger partial charge on any atom is 0.256 e. The van der Waals surface area contributed by atoms with Gasteiger partial charge < -0.3 is 14.7 Å². The molecule has 1 N–H and O–H groups in total. The summed E-state index contributed by atoms with van der Waals surface area (Å²) >= 11 is 0. The summed E-state index contributed by atoms with van der Waals surface area (Å²) in [5, 5.41) is 9.28. The number of likely N-dealkylation sites (tertiary alicyclic amines) is 1. The van der Waals surface area contributed by atoms with E-state index < -0.39 is 6.10 Å². The van der Waals surface area contributed by atoms with Crippen molar-refractivity contribution in [1.29, 1.82) is 0 Å². The second-order valence-electron chi connectivity index (χ2n) is 4.54. The second-order valence-corrected chi connectivity index (χ2v) is 4.54. The van der Waals surface area contributed by atoms with Gasteiger partial charge in [0.1, 0.15) is 0 Å². The standard InChI is InChI=1S/C14H19NO3/c1-18-13(11-6-3-2-4-7-11)14(17)15-9-5-8-12(15)10-16/h2-4,6-7,12-13,16H,5,8-10H2,1H3/t12-,13?/m0/s1. The minimum Gasteiger partial charge on any atom is -0.394 e. The molecule has 4 heteroatoms. The van der Waals surface area contributed by atoms with Crippen LogP contribution in [0.4, 0.5) is 0 Å². The van der Waals surface area contributed by atoms with Crippen LogP contribution in [0.1, 0.15) is 24.5 Å². The summed E-state index contributed by atoms with van der Waals surface area (Å²) < 4.78 is 5.33. The zero-order chi connectivity index (χ0) is 13.0. The number of aliphatic hydroxyl groups excluding tert-OH is 1. The molecule has 1 aliphatic rings. The van der Waals surface area contributed by atoms with Gasteiger partial charge in [0, 0.05) is 13.7 Å². The molecule has 2 rings (SSSR count). The Morgan fingerprint density at radius 3 is 2.83 bits per heavy atom. The predicted octanol–water partition coefficient (Wildman–Crippen LogP) is 1.36. The predicted molar refractivity (Wildman–Crippen MR) is 68.0 cm³/mol. The topological polar surface area (TPSA) is 49.8 Å². The highest BCUT2D eigenvalue weighted by atomic mass is 16.5. The van der Waals surface area contributed by atoms with Crippen LogP contribution in [0, 0.1) is 0 Å². The zero-order valence-electron chi connectivity index (χ0n) is 10.6. The molecule has 1 fully saturated rings. The van der Waals surface area contributed by atoms with E-state index in [1.54, 1.807) is 12.0 Å². The van der Waals surface area contributed by atoms with Crippen LogP contribution < -0.4 is 0 Å². The average Bonchev–Trinajstić information content (AvgIpc) is 2.89. The normalized spacial score (nSPS) is 21.0. The number of ether oxygens (including phenoxy) is 1. The molecule has 2 atom stereocenters. The molecular formula is C14H19NO3. The molecule has 1 heterocycles. The number of carbonyl (C=O) groups is 1. The highest BCUT2D eigenvalue weighted by molar-refractivity contribution is 5.83. The fourth-order valence-corrected chi connectivity index (χ4v) is 2.47. The molecular weight excluding hydrogens is 230 g/mol. The number of methoxy groups -OCH3 is 1. The van der Waals surface area contributed by atoms with E-state index in [1.165, 1.54) is 0 Å². The van der Waals surface area contributed by atoms with Gasteiger partial charge in [0.25, 0.3) is 5.91 Å². The maximum absolute atomic E-state index is 12.4. The Hall–Kier alpha value is -1.39. The Kier molecular flexibility index (Phi) is 4.33. The Morgan fingerprint density at radius 1 is 1.50 bits per heavy atom. The van der Waals surface area contributed by atoms with Crippen molar-refractivity contribution < 1.29 is 14.6 Å². The number of benzene rings is 1. The van der Waals surface area contributed by atoms with Gasteiger partial charge >= 0.3 is 0 Å². The summed E-state index contributed by atoms with van der Waals surface area (Å²) in [4.78, 5) is 14.2. The Bertz CT molecular complexity index is 393. The van der Waals surface area contributed by atoms with Gasteiger partial charge in [0.05, 0.1) is 12.6 Å². The van der Waals surface area contributed by atoms with E-state index in [1.807, 2.05) is 30.3 Å². The van der Waals surface area contributed by atoms with Crippen LogP contribution in [0.25, 0.3) is 0 Å². The lowest BCUT2D eigenvalue weighted by Crippen LogP contribution is -2.41. The maximum atomic E-state index is 12.4. The van der Waals surface area contributed by atoms with E-state index in [4.69, 9.17) is 4.74 Å². The summed E-state index contributed by atoms with van der Waals surface area (Å²) in [6, 6.07) is 9.41. The first-order valence-electron chi connectivity index (χ1n) is 6.27. The lowest BCUT2D eigenvalue weighted by atomic mass is 10.1. The third-order valence-corrected chi connectivity index (χ3v) is 3.43. The fraction of sp³-hybridized carbons (Fsp3) is 0.500. The van der Waals surface area contributed by atoms with Crippen molar-refractivity contribution in [3.8, 4) is 0 Å². The number of carbonyl (C=O) groups excluding carboxylic acids is 1. The zero-order valence-corrected chi connectivity index (χ0v) is 10.6. The average molecular weight is 249 g/mol. The summed E-state index contributed by atoms with van der Waals surface area (Å²) in [6.45, 7) is 0.730. The van der Waals surface area contributed by atoms with Crippen molar-refractivity contribution >= 4 is 5.91 Å². The number of nitrogens with zero attached hydrogens (tertiary/aromatic N) is 1. The highest BCUT2D eigenvalue weighted by Gasteiger charge is 2.33. The van der Waals surface area contributed by atoms with Gasteiger partial charge in [0.2, 0.25) is 0 Å². The van der Waals surface area contributed by atoms with Crippen molar-refractivity contribution in [3.63, 3.8) is 0 Å². The van der Waals surface area contributed by atoms with E-state index >= 15 is 0 Å². The lowest BCUT2D eigenvalue weighted by molar-refractivity contribution is -0.144. The van der Waals surface area contributed by atoms with Crippen LogP contribution in [0.2, 0.25) is 0 Å². The molecule has 0 saturated carbocycles. The molecule has 18 heavy (non-hydrogen) atoms. The van der Waals surface area contributed by atoms with Gasteiger partial charge in [-0.1, -0.05) is 30.3 Å². The summed E-state index contributed by atoms with van der Waals surface area (Å²) in [5.74, 6) is -0.0553. The SMILES string of the molecule is COC(C(=O)N1CCC[C@H]1CO)c1ccccc1. The molecule has 1 unspecified atom stereocenters. The number of amides is 1. The van der Waals surface area contributed by atoms with Crippen LogP contribution in [0.5, 0.6) is 0 Å². The summed E-state index contributed by atoms with van der Waals surface area (Å²) in [7, 11) is 1.54. The van der Waals surface area contributed by atoms with Gasteiger partial charge in [-0.05, 0) is 18.4 Å². The van der Waals surface area contributed by atoms with Crippen LogP contribution in [0.15, 0.2) is 30.3 Å². The molecule has 1 aromatic rings. The Balaban J connectivity index is 2.15. The van der Waals surface area contributed by atoms with Crippen LogP contribution in [0.3, 0.4) is 0 Å². The quantitative estimate of drug-likeness (QED) is 0.876. The van der Waals surface area contributed by atoms with Crippen LogP contribution in [-0.4, -0.2) is 42.2 Å². The van der Waals surface area contributed by atoms with E-state index in [2.05, 4.69) is 0 Å². The first-order chi connectivity index (χ1) is 8.77. The number of hydrogen-bond donors (Lipinski definition) is 1. The van der Waals surface area contributed by atoms with E-state index in [-0.39, 0.29) is 18.6 Å². The van der Waals surface area contributed by atoms with Gasteiger partial charge in [-0.15, -0.1) is 0 Å². The Morgan fingerprint density at radius 2 is 2.22 bits per heavy atom. The molecule has 0 radical (unpaired) electrons. The monoisotopic (exact) mass is 249 g/mol. The van der Waals surface area contributed by atoms with Gasteiger partial charge in [-0.3, -0.25) is 4.79 Å². The molecule has 0 aliphatic carbocycles. The first-order valence-corrected chi connectivity index (χ1v) is 6.27. The smallest absolute Gasteiger partial charge is 0.256 e. The van der Waals surface area contributed by atoms with Crippen molar-refractivity contribution in [2.75, 3.05) is 20.3 Å². The third kappa shape index (κ3) is 2.54. The number of hydrogen-bond acceptors (Lipinski definition) is 3. The summed E-state index contributed by atoms with van der Waals surface area (Å²) in [5.41, 5.74) is 0.855. The fourth-order valence-electron chi connectivity index (χ4n) is 2.47. The first kappa shape index (κ1) is 13.1. The minimum atomic E-state index is -0.571. The van der Waals surface area contributed by atoms with Crippen molar-refractivity contribution in [2.24, 2.45) is 0 Å². The Labute approximate surface area is 107 Å². The molecule has 1 aromatic carbocycles. The molecule has 0 spiro atoms. The van der Waals surface area contributed by atoms with Gasteiger partial charge in [-0.2, -0.15) is 0 Å². The summed E-state index contributed by atoms with van der Waals surface area (Å²) in [6.07, 6.45) is 1.24. The second kappa shape index (κ2) is 5.98. The lowest BCUT2D eigenvalue weighted by Gasteiger charge is -2.27. The molecule has 98 valence electrons. The third-order valence-electron chi connectivity index (χ3n) is 3.43. The van der Waals surface area contributed by atoms with Crippen LogP contribution in [-0.2, 0) is 9.53 Å². The van der Waals surface area contributed by atoms with E-state index in [0.717, 1.165) is 18.4 Å². The molecule has 1 aliphatic heterocycles. The highest BCUT2D eigenvalue weighted by Crippen LogP contribution is 2.25. The van der Waals surface area contributed by atoms with E-state index in [9.17, 15) is 9.90 Å². The molecule has 0 aromatic heterocycles. The van der Waals surface area contributed by atoms with E-state index in [0.29, 0.717) is 6.54 Å². The molecule has 0 bridgehead atoms. The van der Waals surface area contributed by atoms with Crippen LogP contribution >= 0.6 is 0 Å². The number of aliphatic hydroxyl groups is 1. The minimum absolute atomic E-state index is 0.0248. The van der Waals surface area contributed by atoms with Gasteiger partial charge in [-0.25, -0.2) is 0 Å². The molecule has 4 nitrogen and oxygen atoms in total. The molecule has 1 amide bonds. The largest absolute Gasteiger partial charge is 0.394 e.